The van der Waals surface area contributed by atoms with E-state index in [1.54, 1.807) is 6.07 Å². The predicted octanol–water partition coefficient (Wildman–Crippen LogP) is 3.04. The summed E-state index contributed by atoms with van der Waals surface area (Å²) in [6.07, 6.45) is 0. The van der Waals surface area contributed by atoms with Gasteiger partial charge in [-0.05, 0) is 30.3 Å². The molecule has 2 aromatic carbocycles. The number of benzene rings is 2. The lowest BCUT2D eigenvalue weighted by molar-refractivity contribution is 0.483. The summed E-state index contributed by atoms with van der Waals surface area (Å²) in [5, 5.41) is 7.55. The fourth-order valence-corrected chi connectivity index (χ4v) is 1.88. The van der Waals surface area contributed by atoms with E-state index in [4.69, 9.17) is 4.55 Å². The Kier molecular flexibility index (Phi) is 3.88. The van der Waals surface area contributed by atoms with E-state index < -0.39 is 10.1 Å². The first-order valence-corrected chi connectivity index (χ1v) is 6.79. The van der Waals surface area contributed by atoms with Gasteiger partial charge in [-0.25, -0.2) is 0 Å². The van der Waals surface area contributed by atoms with E-state index in [9.17, 15) is 8.42 Å². The molecule has 0 saturated heterocycles. The van der Waals surface area contributed by atoms with Crippen LogP contribution < -0.4 is 5.43 Å². The molecule has 0 aromatic heterocycles. The molecule has 19 heavy (non-hydrogen) atoms. The van der Waals surface area contributed by atoms with Gasteiger partial charge >= 0.3 is 0 Å². The molecule has 0 bridgehead atoms. The fourth-order valence-electron chi connectivity index (χ4n) is 1.36. The Morgan fingerprint density at radius 1 is 1.00 bits per heavy atom. The van der Waals surface area contributed by atoms with Gasteiger partial charge in [-0.15, -0.1) is 5.11 Å². The second-order valence-electron chi connectivity index (χ2n) is 3.65. The van der Waals surface area contributed by atoms with Crippen molar-refractivity contribution in [2.75, 3.05) is 5.43 Å². The zero-order valence-corrected chi connectivity index (χ0v) is 10.6. The second kappa shape index (κ2) is 5.59. The van der Waals surface area contributed by atoms with Gasteiger partial charge in [-0.3, -0.25) is 9.98 Å². The van der Waals surface area contributed by atoms with E-state index >= 15 is 0 Å². The number of hydrogen-bond donors (Lipinski definition) is 2. The molecule has 2 aromatic rings. The van der Waals surface area contributed by atoms with Crippen LogP contribution in [0, 0.1) is 0 Å². The van der Waals surface area contributed by atoms with Gasteiger partial charge in [-0.1, -0.05) is 29.5 Å². The molecular weight excluding hydrogens is 266 g/mol. The first-order chi connectivity index (χ1) is 9.05. The molecule has 2 N–H and O–H groups in total. The van der Waals surface area contributed by atoms with Crippen molar-refractivity contribution >= 4 is 21.5 Å². The molecule has 0 heterocycles. The van der Waals surface area contributed by atoms with Gasteiger partial charge in [0.05, 0.1) is 16.3 Å². The van der Waals surface area contributed by atoms with Crippen LogP contribution in [0.1, 0.15) is 0 Å². The molecule has 0 aliphatic rings. The van der Waals surface area contributed by atoms with Crippen LogP contribution in [0.5, 0.6) is 0 Å². The van der Waals surface area contributed by atoms with Gasteiger partial charge in [0, 0.05) is 0 Å². The summed E-state index contributed by atoms with van der Waals surface area (Å²) in [4.78, 5) is -0.219. The highest BCUT2D eigenvalue weighted by atomic mass is 32.2. The number of rotatable bonds is 4. The van der Waals surface area contributed by atoms with Crippen LogP contribution >= 0.6 is 0 Å². The largest absolute Gasteiger partial charge is 0.294 e. The molecule has 7 heteroatoms. The highest BCUT2D eigenvalue weighted by Crippen LogP contribution is 2.18. The Morgan fingerprint density at radius 2 is 1.74 bits per heavy atom. The summed E-state index contributed by atoms with van der Waals surface area (Å²) in [5.74, 6) is 0. The molecular formula is C12H11N3O3S. The third kappa shape index (κ3) is 3.87. The van der Waals surface area contributed by atoms with Gasteiger partial charge in [0.25, 0.3) is 10.1 Å². The van der Waals surface area contributed by atoms with Gasteiger partial charge in [0.1, 0.15) is 0 Å². The summed E-state index contributed by atoms with van der Waals surface area (Å²) < 4.78 is 30.8. The van der Waals surface area contributed by atoms with Gasteiger partial charge in [0.2, 0.25) is 0 Å². The van der Waals surface area contributed by atoms with Crippen molar-refractivity contribution in [3.8, 4) is 0 Å². The van der Waals surface area contributed by atoms with Crippen molar-refractivity contribution in [2.45, 2.75) is 4.90 Å². The van der Waals surface area contributed by atoms with Crippen LogP contribution in [0.25, 0.3) is 0 Å². The lowest BCUT2D eigenvalue weighted by atomic mass is 10.3. The number of hydrogen-bond acceptors (Lipinski definition) is 4. The SMILES string of the molecule is O=S(=O)(O)c1cccc(/N=N/Nc2ccccc2)c1. The van der Waals surface area contributed by atoms with Crippen molar-refractivity contribution in [1.29, 1.82) is 0 Å². The number of nitrogens with zero attached hydrogens (tertiary/aromatic N) is 2. The predicted molar refractivity (Wildman–Crippen MR) is 70.8 cm³/mol. The van der Waals surface area contributed by atoms with Crippen LogP contribution in [0.3, 0.4) is 0 Å². The topological polar surface area (TPSA) is 91.1 Å². The van der Waals surface area contributed by atoms with Crippen molar-refractivity contribution in [2.24, 2.45) is 10.3 Å². The van der Waals surface area contributed by atoms with Crippen LogP contribution in [0.4, 0.5) is 11.4 Å². The molecule has 0 unspecified atom stereocenters. The van der Waals surface area contributed by atoms with Gasteiger partial charge in [0.15, 0.2) is 0 Å². The molecule has 0 aliphatic carbocycles. The molecule has 6 nitrogen and oxygen atoms in total. The molecule has 0 aliphatic heterocycles. The third-order valence-electron chi connectivity index (χ3n) is 2.23. The van der Waals surface area contributed by atoms with Crippen LogP contribution in [0.15, 0.2) is 69.8 Å². The van der Waals surface area contributed by atoms with Crippen LogP contribution in [-0.4, -0.2) is 13.0 Å². The van der Waals surface area contributed by atoms with Gasteiger partial charge in [-0.2, -0.15) is 8.42 Å². The molecule has 2 rings (SSSR count). The Morgan fingerprint density at radius 3 is 2.42 bits per heavy atom. The molecule has 98 valence electrons. The highest BCUT2D eigenvalue weighted by molar-refractivity contribution is 7.85. The number of anilines is 1. The molecule has 0 atom stereocenters. The quantitative estimate of drug-likeness (QED) is 0.510. The minimum atomic E-state index is -4.22. The monoisotopic (exact) mass is 277 g/mol. The van der Waals surface area contributed by atoms with E-state index in [0.29, 0.717) is 5.69 Å². The average Bonchev–Trinajstić information content (AvgIpc) is 2.39. The molecule has 0 fully saturated rings. The highest BCUT2D eigenvalue weighted by Gasteiger charge is 2.08. The normalized spacial score (nSPS) is 11.6. The van der Waals surface area contributed by atoms with E-state index in [1.165, 1.54) is 18.2 Å². The van der Waals surface area contributed by atoms with Crippen LogP contribution in [-0.2, 0) is 10.1 Å². The maximum atomic E-state index is 10.9. The van der Waals surface area contributed by atoms with Crippen molar-refractivity contribution in [3.05, 3.63) is 54.6 Å². The summed E-state index contributed by atoms with van der Waals surface area (Å²) in [6, 6.07) is 14.7. The van der Waals surface area contributed by atoms with Crippen molar-refractivity contribution in [3.63, 3.8) is 0 Å². The molecule has 0 radical (unpaired) electrons. The first kappa shape index (κ1) is 13.2. The Hall–Kier alpha value is -2.25. The number of nitrogens with one attached hydrogen (secondary N) is 1. The standard InChI is InChI=1S/C12H11N3O3S/c16-19(17,18)12-8-4-7-11(9-12)14-15-13-10-5-2-1-3-6-10/h1-9H,(H,13,14)(H,16,17,18). The Labute approximate surface area is 110 Å². The minimum Gasteiger partial charge on any atom is -0.282 e. The third-order valence-corrected chi connectivity index (χ3v) is 3.08. The Balaban J connectivity index is 2.12. The lowest BCUT2D eigenvalue weighted by Gasteiger charge is -1.99. The maximum Gasteiger partial charge on any atom is 0.294 e. The zero-order valence-electron chi connectivity index (χ0n) is 9.76. The lowest BCUT2D eigenvalue weighted by Crippen LogP contribution is -1.96. The maximum absolute atomic E-state index is 10.9. The Bertz CT molecular complexity index is 684. The summed E-state index contributed by atoms with van der Waals surface area (Å²) >= 11 is 0. The smallest absolute Gasteiger partial charge is 0.282 e. The van der Waals surface area contributed by atoms with E-state index in [-0.39, 0.29) is 4.90 Å². The summed E-state index contributed by atoms with van der Waals surface area (Å²) in [5.41, 5.74) is 3.78. The molecule has 0 amide bonds. The summed E-state index contributed by atoms with van der Waals surface area (Å²) in [6.45, 7) is 0. The number of para-hydroxylation sites is 1. The van der Waals surface area contributed by atoms with Crippen molar-refractivity contribution in [1.82, 2.24) is 0 Å². The summed E-state index contributed by atoms with van der Waals surface area (Å²) in [7, 11) is -4.22. The average molecular weight is 277 g/mol. The van der Waals surface area contributed by atoms with E-state index in [1.807, 2.05) is 30.3 Å². The zero-order chi connectivity index (χ0) is 13.7. The second-order valence-corrected chi connectivity index (χ2v) is 5.07. The van der Waals surface area contributed by atoms with Crippen molar-refractivity contribution < 1.29 is 13.0 Å². The molecule has 0 saturated carbocycles. The van der Waals surface area contributed by atoms with E-state index in [2.05, 4.69) is 15.8 Å². The van der Waals surface area contributed by atoms with Crippen LogP contribution in [0.2, 0.25) is 0 Å². The molecule has 0 spiro atoms. The minimum absolute atomic E-state index is 0.219. The van der Waals surface area contributed by atoms with E-state index in [0.717, 1.165) is 5.69 Å². The first-order valence-electron chi connectivity index (χ1n) is 5.35. The van der Waals surface area contributed by atoms with Gasteiger partial charge < -0.3 is 0 Å². The fraction of sp³-hybridized carbons (Fsp3) is 0.